The van der Waals surface area contributed by atoms with Gasteiger partial charge in [-0.15, -0.1) is 56.7 Å². The molecule has 5 heterocycles. The van der Waals surface area contributed by atoms with Crippen LogP contribution in [0.5, 0.6) is 0 Å². The molecule has 218 valence electrons. The summed E-state index contributed by atoms with van der Waals surface area (Å²) in [6.07, 6.45) is 0. The number of halogens is 10. The van der Waals surface area contributed by atoms with Crippen molar-refractivity contribution < 1.29 is 43.9 Å². The Morgan fingerprint density at radius 2 is 0.605 bits per heavy atom. The number of benzene rings is 2. The smallest absolute Gasteiger partial charge is 0.200 e. The Balaban J connectivity index is 1.24. The van der Waals surface area contributed by atoms with Crippen molar-refractivity contribution in [1.29, 1.82) is 0 Å². The second kappa shape index (κ2) is 10.2. The summed E-state index contributed by atoms with van der Waals surface area (Å²) >= 11 is 5.87. The molecule has 0 spiro atoms. The first kappa shape index (κ1) is 28.5. The predicted octanol–water partition coefficient (Wildman–Crippen LogP) is 12.4. The van der Waals surface area contributed by atoms with Gasteiger partial charge in [-0.1, -0.05) is 0 Å². The predicted molar refractivity (Wildman–Crippen MR) is 152 cm³/mol. The Hall–Kier alpha value is -3.24. The van der Waals surface area contributed by atoms with E-state index < -0.39 is 69.3 Å². The van der Waals surface area contributed by atoms with E-state index in [1.165, 1.54) is 58.3 Å². The van der Waals surface area contributed by atoms with E-state index in [2.05, 4.69) is 0 Å². The second-order valence-electron chi connectivity index (χ2n) is 8.93. The zero-order valence-corrected chi connectivity index (χ0v) is 24.4. The largest absolute Gasteiger partial charge is 0.203 e. The average molecular weight is 693 g/mol. The van der Waals surface area contributed by atoms with E-state index in [9.17, 15) is 43.9 Å². The Kier molecular flexibility index (Phi) is 6.74. The van der Waals surface area contributed by atoms with Crippen molar-refractivity contribution in [3.05, 3.63) is 94.6 Å². The number of hydrogen-bond acceptors (Lipinski definition) is 5. The molecule has 2 aromatic carbocycles. The van der Waals surface area contributed by atoms with Crippen molar-refractivity contribution in [2.45, 2.75) is 0 Å². The van der Waals surface area contributed by atoms with Crippen LogP contribution in [-0.4, -0.2) is 0 Å². The molecule has 0 saturated carbocycles. The lowest BCUT2D eigenvalue weighted by atomic mass is 10.1. The Morgan fingerprint density at radius 1 is 0.302 bits per heavy atom. The highest BCUT2D eigenvalue weighted by molar-refractivity contribution is 7.41. The second-order valence-corrected chi connectivity index (χ2v) is 14.3. The van der Waals surface area contributed by atoms with E-state index in [-0.39, 0.29) is 9.75 Å². The van der Waals surface area contributed by atoms with Crippen LogP contribution in [0.3, 0.4) is 0 Å². The van der Waals surface area contributed by atoms with Crippen molar-refractivity contribution in [2.75, 3.05) is 0 Å². The third kappa shape index (κ3) is 4.27. The summed E-state index contributed by atoms with van der Waals surface area (Å²) in [5.74, 6) is -20.2. The summed E-state index contributed by atoms with van der Waals surface area (Å²) in [5, 5.41) is 0. The van der Waals surface area contributed by atoms with E-state index in [4.69, 9.17) is 0 Å². The third-order valence-corrected chi connectivity index (χ3v) is 12.8. The molecule has 0 amide bonds. The lowest BCUT2D eigenvalue weighted by Gasteiger charge is -2.06. The molecule has 7 aromatic rings. The molecule has 0 unspecified atom stereocenters. The zero-order valence-electron chi connectivity index (χ0n) is 20.3. The minimum atomic E-state index is -2.23. The molecule has 7 rings (SSSR count). The molecule has 5 aromatic heterocycles. The summed E-state index contributed by atoms with van der Waals surface area (Å²) in [5.41, 5.74) is -2.00. The maximum atomic E-state index is 14.3. The first-order chi connectivity index (χ1) is 20.5. The van der Waals surface area contributed by atoms with Crippen molar-refractivity contribution in [2.24, 2.45) is 0 Å². The van der Waals surface area contributed by atoms with Crippen LogP contribution < -0.4 is 0 Å². The van der Waals surface area contributed by atoms with Crippen LogP contribution in [0.15, 0.2) is 36.4 Å². The van der Waals surface area contributed by atoms with E-state index in [1.807, 2.05) is 12.1 Å². The fourth-order valence-corrected chi connectivity index (χ4v) is 10.7. The van der Waals surface area contributed by atoms with E-state index in [0.29, 0.717) is 19.5 Å². The summed E-state index contributed by atoms with van der Waals surface area (Å²) in [6, 6.07) is 9.30. The van der Waals surface area contributed by atoms with Gasteiger partial charge in [-0.3, -0.25) is 0 Å². The number of rotatable bonds is 4. The van der Waals surface area contributed by atoms with Gasteiger partial charge in [0, 0.05) is 38.7 Å². The Bertz CT molecular complexity index is 2050. The van der Waals surface area contributed by atoms with Crippen LogP contribution in [0, 0.1) is 58.2 Å². The molecule has 0 bridgehead atoms. The van der Waals surface area contributed by atoms with Crippen molar-refractivity contribution in [3.63, 3.8) is 0 Å². The third-order valence-electron chi connectivity index (χ3n) is 6.43. The highest BCUT2D eigenvalue weighted by Crippen LogP contribution is 2.51. The minimum absolute atomic E-state index is 0.134. The molecule has 0 aliphatic rings. The maximum Gasteiger partial charge on any atom is 0.200 e. The van der Waals surface area contributed by atoms with Crippen LogP contribution in [-0.2, 0) is 0 Å². The van der Waals surface area contributed by atoms with E-state index in [0.717, 1.165) is 41.5 Å². The number of fused-ring (bicyclic) bond motifs is 3. The molecule has 0 radical (unpaired) electrons. The standard InChI is InChI=1S/C28H6F10S5/c29-17-15(18(30)22(34)25(37)21(17)33)9-3-1-7(39-9)11-5-13-27(42-11)28-14(41-13)6-12(43-28)8-2-4-10(40-8)16-19(31)23(35)26(38)24(36)20(16)32/h1-6H. The highest BCUT2D eigenvalue weighted by atomic mass is 32.1. The molecule has 0 fully saturated rings. The molecule has 15 heteroatoms. The molecule has 0 aliphatic carbocycles. The number of hydrogen-bond donors (Lipinski definition) is 0. The molecular weight excluding hydrogens is 687 g/mol. The molecule has 43 heavy (non-hydrogen) atoms. The lowest BCUT2D eigenvalue weighted by molar-refractivity contribution is 0.381. The van der Waals surface area contributed by atoms with E-state index >= 15 is 0 Å². The normalized spacial score (nSPS) is 12.0. The molecule has 0 aliphatic heterocycles. The molecule has 0 atom stereocenters. The Morgan fingerprint density at radius 3 is 0.953 bits per heavy atom. The van der Waals surface area contributed by atoms with Gasteiger partial charge in [-0.05, 0) is 36.4 Å². The Labute approximate surface area is 253 Å². The van der Waals surface area contributed by atoms with Gasteiger partial charge in [0.1, 0.15) is 0 Å². The minimum Gasteiger partial charge on any atom is -0.203 e. The fraction of sp³-hybridized carbons (Fsp3) is 0. The van der Waals surface area contributed by atoms with Crippen LogP contribution in [0.25, 0.3) is 59.2 Å². The van der Waals surface area contributed by atoms with Gasteiger partial charge in [0.2, 0.25) is 11.6 Å². The van der Waals surface area contributed by atoms with Crippen LogP contribution in [0.4, 0.5) is 43.9 Å². The lowest BCUT2D eigenvalue weighted by Crippen LogP contribution is -2.03. The summed E-state index contributed by atoms with van der Waals surface area (Å²) in [7, 11) is 0. The zero-order chi connectivity index (χ0) is 30.5. The number of thiophene rings is 5. The fourth-order valence-electron chi connectivity index (χ4n) is 4.43. The average Bonchev–Trinajstić information content (AvgIpc) is 3.80. The monoisotopic (exact) mass is 692 g/mol. The van der Waals surface area contributed by atoms with Gasteiger partial charge in [0.05, 0.1) is 20.5 Å². The van der Waals surface area contributed by atoms with Crippen molar-refractivity contribution in [3.8, 4) is 40.4 Å². The van der Waals surface area contributed by atoms with Crippen LogP contribution in [0.1, 0.15) is 0 Å². The first-order valence-electron chi connectivity index (χ1n) is 11.7. The molecular formula is C28H6F10S5. The topological polar surface area (TPSA) is 0 Å². The SMILES string of the molecule is Fc1c(F)c(F)c(-c2ccc(-c3cc4sc5cc(-c6ccc(-c7c(F)c(F)c(F)c(F)c7F)s6)sc5c4s3)s2)c(F)c1F. The van der Waals surface area contributed by atoms with Gasteiger partial charge in [0.15, 0.2) is 46.5 Å². The van der Waals surface area contributed by atoms with Gasteiger partial charge in [-0.25, -0.2) is 43.9 Å². The van der Waals surface area contributed by atoms with Crippen molar-refractivity contribution >= 4 is 75.5 Å². The van der Waals surface area contributed by atoms with Gasteiger partial charge in [-0.2, -0.15) is 0 Å². The molecule has 0 N–H and O–H groups in total. The highest BCUT2D eigenvalue weighted by Gasteiger charge is 2.29. The van der Waals surface area contributed by atoms with Crippen LogP contribution >= 0.6 is 56.7 Å². The first-order valence-corrected chi connectivity index (χ1v) is 15.7. The van der Waals surface area contributed by atoms with Gasteiger partial charge < -0.3 is 0 Å². The van der Waals surface area contributed by atoms with Crippen LogP contribution in [0.2, 0.25) is 0 Å². The maximum absolute atomic E-state index is 14.3. The van der Waals surface area contributed by atoms with E-state index in [1.54, 1.807) is 0 Å². The summed E-state index contributed by atoms with van der Waals surface area (Å²) in [4.78, 5) is 2.22. The molecule has 0 saturated heterocycles. The molecule has 0 nitrogen and oxygen atoms in total. The summed E-state index contributed by atoms with van der Waals surface area (Å²) in [6.45, 7) is 0. The van der Waals surface area contributed by atoms with Crippen molar-refractivity contribution in [1.82, 2.24) is 0 Å². The summed E-state index contributed by atoms with van der Waals surface area (Å²) < 4.78 is 143. The van der Waals surface area contributed by atoms with Gasteiger partial charge >= 0.3 is 0 Å². The van der Waals surface area contributed by atoms with Gasteiger partial charge in [0.25, 0.3) is 0 Å². The quantitative estimate of drug-likeness (QED) is 0.0979.